The fourth-order valence-corrected chi connectivity index (χ4v) is 2.83. The number of aryl methyl sites for hydroxylation is 1. The Morgan fingerprint density at radius 3 is 3.06 bits per heavy atom. The maximum absolute atomic E-state index is 11.6. The molecule has 18 heavy (non-hydrogen) atoms. The Morgan fingerprint density at radius 1 is 1.44 bits per heavy atom. The first kappa shape index (κ1) is 11.6. The number of nitrogens with zero attached hydrogens (tertiary/aromatic N) is 1. The van der Waals surface area contributed by atoms with Crippen LogP contribution >= 0.6 is 11.6 Å². The number of aromatic nitrogens is 1. The summed E-state index contributed by atoms with van der Waals surface area (Å²) >= 11 is 6.06. The van der Waals surface area contributed by atoms with Gasteiger partial charge in [-0.2, -0.15) is 0 Å². The summed E-state index contributed by atoms with van der Waals surface area (Å²) in [6.45, 7) is 3.15. The van der Waals surface area contributed by atoms with Gasteiger partial charge in [0.1, 0.15) is 0 Å². The summed E-state index contributed by atoms with van der Waals surface area (Å²) in [5.74, 6) is 0.138. The van der Waals surface area contributed by atoms with E-state index >= 15 is 0 Å². The van der Waals surface area contributed by atoms with Gasteiger partial charge in [0.05, 0.1) is 0 Å². The largest absolute Gasteiger partial charge is 0.358 e. The van der Waals surface area contributed by atoms with Crippen LogP contribution < -0.4 is 0 Å². The number of amides is 1. The average Bonchev–Trinajstić information content (AvgIpc) is 2.54. The van der Waals surface area contributed by atoms with Gasteiger partial charge in [0.2, 0.25) is 5.91 Å². The molecule has 0 unspecified atom stereocenters. The predicted octanol–water partition coefficient (Wildman–Crippen LogP) is 3.12. The second-order valence-corrected chi connectivity index (χ2v) is 5.25. The average molecular weight is 263 g/mol. The molecule has 0 aliphatic carbocycles. The second-order valence-electron chi connectivity index (χ2n) is 4.82. The summed E-state index contributed by atoms with van der Waals surface area (Å²) in [7, 11) is 0. The van der Waals surface area contributed by atoms with Crippen molar-refractivity contribution in [3.8, 4) is 0 Å². The van der Waals surface area contributed by atoms with Crippen LogP contribution in [0.3, 0.4) is 0 Å². The number of benzene rings is 1. The van der Waals surface area contributed by atoms with Crippen LogP contribution in [0.25, 0.3) is 10.9 Å². The standard InChI is InChI=1S/C14H15ClN2O/c1-9(18)17-6-2-3-13-12(8-17)11-7-10(15)4-5-14(11)16-13/h4-5,7,16H,2-3,6,8H2,1H3. The molecule has 0 bridgehead atoms. The third-order valence-corrected chi connectivity index (χ3v) is 3.84. The number of hydrogen-bond acceptors (Lipinski definition) is 1. The van der Waals surface area contributed by atoms with E-state index in [1.807, 2.05) is 23.1 Å². The molecule has 1 aliphatic rings. The lowest BCUT2D eigenvalue weighted by Gasteiger charge is -2.18. The highest BCUT2D eigenvalue weighted by Gasteiger charge is 2.20. The van der Waals surface area contributed by atoms with Gasteiger partial charge < -0.3 is 9.88 Å². The molecule has 1 aromatic heterocycles. The minimum atomic E-state index is 0.138. The van der Waals surface area contributed by atoms with Gasteiger partial charge in [-0.05, 0) is 31.0 Å². The van der Waals surface area contributed by atoms with Gasteiger partial charge in [0.25, 0.3) is 0 Å². The maximum Gasteiger partial charge on any atom is 0.219 e. The molecule has 2 heterocycles. The lowest BCUT2D eigenvalue weighted by Crippen LogP contribution is -2.28. The fourth-order valence-electron chi connectivity index (χ4n) is 2.66. The molecule has 1 N–H and O–H groups in total. The topological polar surface area (TPSA) is 36.1 Å². The number of fused-ring (bicyclic) bond motifs is 3. The quantitative estimate of drug-likeness (QED) is 0.778. The summed E-state index contributed by atoms with van der Waals surface area (Å²) in [5, 5.41) is 1.88. The molecule has 1 amide bonds. The number of aromatic amines is 1. The molecule has 0 saturated heterocycles. The van der Waals surface area contributed by atoms with Crippen LogP contribution in [0.5, 0.6) is 0 Å². The normalized spacial score (nSPS) is 15.6. The first-order chi connectivity index (χ1) is 8.65. The monoisotopic (exact) mass is 262 g/mol. The highest BCUT2D eigenvalue weighted by molar-refractivity contribution is 6.31. The molecule has 0 fully saturated rings. The van der Waals surface area contributed by atoms with Crippen molar-refractivity contribution in [2.75, 3.05) is 6.54 Å². The van der Waals surface area contributed by atoms with E-state index in [4.69, 9.17) is 11.6 Å². The van der Waals surface area contributed by atoms with Crippen molar-refractivity contribution in [1.82, 2.24) is 9.88 Å². The number of nitrogens with one attached hydrogen (secondary N) is 1. The Hall–Kier alpha value is -1.48. The van der Waals surface area contributed by atoms with E-state index in [0.717, 1.165) is 35.3 Å². The van der Waals surface area contributed by atoms with Crippen LogP contribution in [0.15, 0.2) is 18.2 Å². The summed E-state index contributed by atoms with van der Waals surface area (Å²) in [6, 6.07) is 5.88. The number of hydrogen-bond donors (Lipinski definition) is 1. The Morgan fingerprint density at radius 2 is 2.28 bits per heavy atom. The second kappa shape index (κ2) is 4.32. The highest BCUT2D eigenvalue weighted by atomic mass is 35.5. The molecule has 3 nitrogen and oxygen atoms in total. The highest BCUT2D eigenvalue weighted by Crippen LogP contribution is 2.29. The number of carbonyl (C=O) groups is 1. The van der Waals surface area contributed by atoms with Crippen molar-refractivity contribution in [2.24, 2.45) is 0 Å². The third-order valence-electron chi connectivity index (χ3n) is 3.61. The molecule has 0 radical (unpaired) electrons. The Labute approximate surface area is 111 Å². The van der Waals surface area contributed by atoms with E-state index in [1.54, 1.807) is 6.92 Å². The molecular weight excluding hydrogens is 248 g/mol. The van der Waals surface area contributed by atoms with Crippen molar-refractivity contribution < 1.29 is 4.79 Å². The summed E-state index contributed by atoms with van der Waals surface area (Å²) < 4.78 is 0. The van der Waals surface area contributed by atoms with Crippen LogP contribution in [-0.2, 0) is 17.8 Å². The minimum Gasteiger partial charge on any atom is -0.358 e. The van der Waals surface area contributed by atoms with E-state index in [1.165, 1.54) is 11.3 Å². The Balaban J connectivity index is 2.13. The Bertz CT molecular complexity index is 618. The van der Waals surface area contributed by atoms with Crippen LogP contribution in [0.1, 0.15) is 24.6 Å². The van der Waals surface area contributed by atoms with Gasteiger partial charge in [0, 0.05) is 47.2 Å². The van der Waals surface area contributed by atoms with Crippen molar-refractivity contribution in [3.63, 3.8) is 0 Å². The van der Waals surface area contributed by atoms with Crippen LogP contribution in [0.4, 0.5) is 0 Å². The van der Waals surface area contributed by atoms with E-state index in [0.29, 0.717) is 6.54 Å². The first-order valence-electron chi connectivity index (χ1n) is 6.19. The van der Waals surface area contributed by atoms with Crippen molar-refractivity contribution in [1.29, 1.82) is 0 Å². The smallest absolute Gasteiger partial charge is 0.219 e. The lowest BCUT2D eigenvalue weighted by atomic mass is 10.1. The predicted molar refractivity (Wildman–Crippen MR) is 72.7 cm³/mol. The van der Waals surface area contributed by atoms with E-state index in [2.05, 4.69) is 4.98 Å². The van der Waals surface area contributed by atoms with E-state index < -0.39 is 0 Å². The summed E-state index contributed by atoms with van der Waals surface area (Å²) in [5.41, 5.74) is 3.58. The number of H-pyrrole nitrogens is 1. The molecule has 0 spiro atoms. The number of halogens is 1. The molecule has 94 valence electrons. The fraction of sp³-hybridized carbons (Fsp3) is 0.357. The molecule has 0 atom stereocenters. The van der Waals surface area contributed by atoms with Crippen molar-refractivity contribution in [2.45, 2.75) is 26.3 Å². The van der Waals surface area contributed by atoms with Gasteiger partial charge in [-0.25, -0.2) is 0 Å². The van der Waals surface area contributed by atoms with Gasteiger partial charge >= 0.3 is 0 Å². The zero-order valence-electron chi connectivity index (χ0n) is 10.3. The van der Waals surface area contributed by atoms with Crippen LogP contribution in [0.2, 0.25) is 5.02 Å². The first-order valence-corrected chi connectivity index (χ1v) is 6.57. The van der Waals surface area contributed by atoms with Gasteiger partial charge in [-0.3, -0.25) is 4.79 Å². The van der Waals surface area contributed by atoms with Crippen molar-refractivity contribution >= 4 is 28.4 Å². The number of rotatable bonds is 0. The van der Waals surface area contributed by atoms with Gasteiger partial charge in [-0.15, -0.1) is 0 Å². The lowest BCUT2D eigenvalue weighted by molar-refractivity contribution is -0.129. The summed E-state index contributed by atoms with van der Waals surface area (Å²) in [4.78, 5) is 16.9. The van der Waals surface area contributed by atoms with Crippen LogP contribution in [-0.4, -0.2) is 22.3 Å². The molecule has 4 heteroatoms. The van der Waals surface area contributed by atoms with Gasteiger partial charge in [-0.1, -0.05) is 11.6 Å². The van der Waals surface area contributed by atoms with Gasteiger partial charge in [0.15, 0.2) is 0 Å². The maximum atomic E-state index is 11.6. The molecule has 3 rings (SSSR count). The Kier molecular flexibility index (Phi) is 2.78. The number of carbonyl (C=O) groups excluding carboxylic acids is 1. The minimum absolute atomic E-state index is 0.138. The zero-order valence-corrected chi connectivity index (χ0v) is 11.0. The molecule has 1 aliphatic heterocycles. The molecule has 0 saturated carbocycles. The summed E-state index contributed by atoms with van der Waals surface area (Å²) in [6.07, 6.45) is 2.00. The molecular formula is C14H15ClN2O. The SMILES string of the molecule is CC(=O)N1CCCc2[nH]c3ccc(Cl)cc3c2C1. The molecule has 1 aromatic carbocycles. The van der Waals surface area contributed by atoms with E-state index in [-0.39, 0.29) is 5.91 Å². The van der Waals surface area contributed by atoms with Crippen molar-refractivity contribution in [3.05, 3.63) is 34.5 Å². The molecule has 2 aromatic rings. The zero-order chi connectivity index (χ0) is 12.7. The van der Waals surface area contributed by atoms with Crippen LogP contribution in [0, 0.1) is 0 Å². The third kappa shape index (κ3) is 1.89. The van der Waals surface area contributed by atoms with E-state index in [9.17, 15) is 4.79 Å².